The van der Waals surface area contributed by atoms with Crippen LogP contribution in [0.25, 0.3) is 0 Å². The van der Waals surface area contributed by atoms with Gasteiger partial charge in [0.2, 0.25) is 0 Å². The molecule has 5 heteroatoms. The number of rotatable bonds is 3. The Kier molecular flexibility index (Phi) is 4.63. The molecule has 1 aromatic carbocycles. The second-order valence-corrected chi connectivity index (χ2v) is 5.55. The number of carbonyl (C=O) groups excluding carboxylic acids is 1. The van der Waals surface area contributed by atoms with E-state index in [4.69, 9.17) is 4.74 Å². The number of aliphatic imine (C=N–C) groups is 1. The van der Waals surface area contributed by atoms with E-state index >= 15 is 0 Å². The highest BCUT2D eigenvalue weighted by molar-refractivity contribution is 5.82. The fraction of sp³-hybridized carbons (Fsp3) is 0.500. The van der Waals surface area contributed by atoms with E-state index in [0.29, 0.717) is 0 Å². The number of carbonyl (C=O) groups is 1. The predicted molar refractivity (Wildman–Crippen MR) is 84.0 cm³/mol. The molecule has 0 saturated heterocycles. The van der Waals surface area contributed by atoms with Crippen LogP contribution in [-0.4, -0.2) is 44.0 Å². The molecule has 0 heterocycles. The minimum absolute atomic E-state index is 0.0266. The largest absolute Gasteiger partial charge is 0.460 e. The van der Waals surface area contributed by atoms with Crippen LogP contribution in [0.5, 0.6) is 0 Å². The number of nitrogens with one attached hydrogen (secondary N) is 1. The Morgan fingerprint density at radius 1 is 1.38 bits per heavy atom. The summed E-state index contributed by atoms with van der Waals surface area (Å²) in [6.07, 6.45) is 0.605. The highest BCUT2D eigenvalue weighted by atomic mass is 16.5. The van der Waals surface area contributed by atoms with Crippen molar-refractivity contribution in [3.63, 3.8) is 0 Å². The van der Waals surface area contributed by atoms with Crippen LogP contribution in [0.15, 0.2) is 23.2 Å². The normalized spacial score (nSPS) is 21.1. The number of fused-ring (bicyclic) bond motifs is 1. The predicted octanol–water partition coefficient (Wildman–Crippen LogP) is 2.05. The van der Waals surface area contributed by atoms with E-state index < -0.39 is 0 Å². The molecule has 0 spiro atoms. The molecule has 1 N–H and O–H groups in total. The SMILES string of the molecule is CN[C@@H]1c2cc(N=C(C)N(C)C)ccc2C[C@H]1OC(C)=O. The average Bonchev–Trinajstić information content (AvgIpc) is 2.74. The van der Waals surface area contributed by atoms with Crippen LogP contribution < -0.4 is 5.32 Å². The zero-order valence-electron chi connectivity index (χ0n) is 13.3. The lowest BCUT2D eigenvalue weighted by molar-refractivity contribution is -0.147. The van der Waals surface area contributed by atoms with E-state index in [1.807, 2.05) is 39.0 Å². The number of amidine groups is 1. The Hall–Kier alpha value is -1.88. The molecule has 0 bridgehead atoms. The van der Waals surface area contributed by atoms with Crippen LogP contribution in [0.1, 0.15) is 31.0 Å². The summed E-state index contributed by atoms with van der Waals surface area (Å²) in [6, 6.07) is 6.19. The minimum Gasteiger partial charge on any atom is -0.460 e. The van der Waals surface area contributed by atoms with Crippen LogP contribution in [0.4, 0.5) is 5.69 Å². The fourth-order valence-corrected chi connectivity index (χ4v) is 2.61. The van der Waals surface area contributed by atoms with Crippen molar-refractivity contribution in [2.24, 2.45) is 4.99 Å². The van der Waals surface area contributed by atoms with Crippen LogP contribution in [0, 0.1) is 0 Å². The van der Waals surface area contributed by atoms with E-state index in [9.17, 15) is 4.79 Å². The molecule has 1 aliphatic carbocycles. The zero-order valence-corrected chi connectivity index (χ0v) is 13.3. The van der Waals surface area contributed by atoms with E-state index in [1.54, 1.807) is 0 Å². The summed E-state index contributed by atoms with van der Waals surface area (Å²) in [4.78, 5) is 17.8. The molecule has 5 nitrogen and oxygen atoms in total. The third-order valence-electron chi connectivity index (χ3n) is 3.82. The molecule has 0 amide bonds. The summed E-state index contributed by atoms with van der Waals surface area (Å²) in [6.45, 7) is 3.43. The lowest BCUT2D eigenvalue weighted by atomic mass is 10.1. The first kappa shape index (κ1) is 15.5. The lowest BCUT2D eigenvalue weighted by Crippen LogP contribution is -2.29. The van der Waals surface area contributed by atoms with Crippen molar-refractivity contribution in [2.45, 2.75) is 32.4 Å². The zero-order chi connectivity index (χ0) is 15.6. The van der Waals surface area contributed by atoms with Gasteiger partial charge in [-0.25, -0.2) is 4.99 Å². The van der Waals surface area contributed by atoms with Gasteiger partial charge in [0, 0.05) is 27.4 Å². The summed E-state index contributed by atoms with van der Waals surface area (Å²) in [5.74, 6) is 0.709. The smallest absolute Gasteiger partial charge is 0.302 e. The van der Waals surface area contributed by atoms with Gasteiger partial charge in [-0.3, -0.25) is 4.79 Å². The molecular weight excluding hydrogens is 266 g/mol. The van der Waals surface area contributed by atoms with Crippen LogP contribution in [0.2, 0.25) is 0 Å². The number of hydrogen-bond acceptors (Lipinski definition) is 4. The Bertz CT molecular complexity index is 567. The maximum atomic E-state index is 11.2. The number of nitrogens with zero attached hydrogens (tertiary/aromatic N) is 2. The number of benzene rings is 1. The Balaban J connectivity index is 2.30. The molecule has 21 heavy (non-hydrogen) atoms. The topological polar surface area (TPSA) is 53.9 Å². The second kappa shape index (κ2) is 6.26. The van der Waals surface area contributed by atoms with Gasteiger partial charge in [0.15, 0.2) is 0 Å². The van der Waals surface area contributed by atoms with Gasteiger partial charge in [-0.1, -0.05) is 6.07 Å². The Morgan fingerprint density at radius 2 is 2.10 bits per heavy atom. The molecule has 1 aliphatic rings. The average molecular weight is 289 g/mol. The van der Waals surface area contributed by atoms with Crippen LogP contribution >= 0.6 is 0 Å². The summed E-state index contributed by atoms with van der Waals surface area (Å²) in [7, 11) is 5.83. The van der Waals surface area contributed by atoms with Crippen molar-refractivity contribution >= 4 is 17.5 Å². The molecular formula is C16H23N3O2. The number of hydrogen-bond donors (Lipinski definition) is 1. The lowest BCUT2D eigenvalue weighted by Gasteiger charge is -2.19. The summed E-state index contributed by atoms with van der Waals surface area (Å²) >= 11 is 0. The summed E-state index contributed by atoms with van der Waals surface area (Å²) in [5.41, 5.74) is 3.29. The van der Waals surface area contributed by atoms with Gasteiger partial charge in [-0.15, -0.1) is 0 Å². The molecule has 1 aromatic rings. The van der Waals surface area contributed by atoms with Gasteiger partial charge >= 0.3 is 5.97 Å². The third kappa shape index (κ3) is 3.42. The molecule has 2 rings (SSSR count). The highest BCUT2D eigenvalue weighted by Crippen LogP contribution is 2.35. The van der Waals surface area contributed by atoms with Crippen molar-refractivity contribution in [3.8, 4) is 0 Å². The highest BCUT2D eigenvalue weighted by Gasteiger charge is 2.33. The van der Waals surface area contributed by atoms with Crippen molar-refractivity contribution < 1.29 is 9.53 Å². The third-order valence-corrected chi connectivity index (χ3v) is 3.82. The van der Waals surface area contributed by atoms with E-state index in [1.165, 1.54) is 12.5 Å². The Morgan fingerprint density at radius 3 is 2.67 bits per heavy atom. The van der Waals surface area contributed by atoms with Gasteiger partial charge in [0.05, 0.1) is 11.7 Å². The molecule has 0 fully saturated rings. The van der Waals surface area contributed by atoms with Gasteiger partial charge in [-0.2, -0.15) is 0 Å². The van der Waals surface area contributed by atoms with Gasteiger partial charge in [0.1, 0.15) is 11.9 Å². The van der Waals surface area contributed by atoms with Crippen molar-refractivity contribution in [3.05, 3.63) is 29.3 Å². The first-order chi connectivity index (χ1) is 9.92. The van der Waals surface area contributed by atoms with Crippen molar-refractivity contribution in [1.29, 1.82) is 0 Å². The Labute approximate surface area is 126 Å². The first-order valence-corrected chi connectivity index (χ1v) is 7.12. The number of esters is 1. The van der Waals surface area contributed by atoms with Crippen molar-refractivity contribution in [1.82, 2.24) is 10.2 Å². The minimum atomic E-state index is -0.241. The molecule has 0 radical (unpaired) electrons. The molecule has 0 aromatic heterocycles. The molecule has 0 aliphatic heterocycles. The molecule has 114 valence electrons. The molecule has 0 saturated carbocycles. The summed E-state index contributed by atoms with van der Waals surface area (Å²) < 4.78 is 5.41. The number of ether oxygens (including phenoxy) is 1. The number of likely N-dealkylation sites (N-methyl/N-ethyl adjacent to an activating group) is 1. The van der Waals surface area contributed by atoms with E-state index in [-0.39, 0.29) is 18.1 Å². The first-order valence-electron chi connectivity index (χ1n) is 7.12. The second-order valence-electron chi connectivity index (χ2n) is 5.55. The molecule has 2 atom stereocenters. The quantitative estimate of drug-likeness (QED) is 0.525. The van der Waals surface area contributed by atoms with Gasteiger partial charge in [0.25, 0.3) is 0 Å². The van der Waals surface area contributed by atoms with Gasteiger partial charge in [-0.05, 0) is 37.2 Å². The van der Waals surface area contributed by atoms with E-state index in [0.717, 1.165) is 23.5 Å². The maximum Gasteiger partial charge on any atom is 0.302 e. The monoisotopic (exact) mass is 289 g/mol. The molecule has 0 unspecified atom stereocenters. The van der Waals surface area contributed by atoms with Gasteiger partial charge < -0.3 is 15.0 Å². The van der Waals surface area contributed by atoms with Crippen LogP contribution in [0.3, 0.4) is 0 Å². The fourth-order valence-electron chi connectivity index (χ4n) is 2.61. The van der Waals surface area contributed by atoms with Crippen molar-refractivity contribution in [2.75, 3.05) is 21.1 Å². The van der Waals surface area contributed by atoms with Crippen LogP contribution in [-0.2, 0) is 16.0 Å². The van der Waals surface area contributed by atoms with E-state index in [2.05, 4.69) is 22.4 Å². The standard InChI is InChI=1S/C16H23N3O2/c1-10(19(4)5)18-13-7-6-12-8-15(21-11(2)20)16(17-3)14(12)9-13/h6-7,9,15-17H,8H2,1-5H3/t15-,16-/m1/s1. The maximum absolute atomic E-state index is 11.2. The summed E-state index contributed by atoms with van der Waals surface area (Å²) in [5, 5.41) is 3.24.